The number of nitrogens with zero attached hydrogens (tertiary/aromatic N) is 3. The van der Waals surface area contributed by atoms with Crippen LogP contribution in [-0.4, -0.2) is 15.0 Å². The Morgan fingerprint density at radius 1 is 1.18 bits per heavy atom. The van der Waals surface area contributed by atoms with E-state index in [1.165, 1.54) is 12.8 Å². The molecule has 0 aromatic carbocycles. The highest BCUT2D eigenvalue weighted by Crippen LogP contribution is 2.38. The highest BCUT2D eigenvalue weighted by atomic mass is 32.1. The van der Waals surface area contributed by atoms with Crippen LogP contribution in [0.5, 0.6) is 0 Å². The van der Waals surface area contributed by atoms with E-state index < -0.39 is 0 Å². The molecule has 1 saturated carbocycles. The molecule has 2 N–H and O–H groups in total. The molecule has 0 saturated heterocycles. The van der Waals surface area contributed by atoms with Crippen molar-refractivity contribution in [2.45, 2.75) is 31.2 Å². The summed E-state index contributed by atoms with van der Waals surface area (Å²) in [6, 6.07) is 0. The van der Waals surface area contributed by atoms with E-state index in [9.17, 15) is 0 Å². The van der Waals surface area contributed by atoms with Crippen LogP contribution in [0.3, 0.4) is 0 Å². The highest BCUT2D eigenvalue weighted by molar-refractivity contribution is 7.10. The average molecular weight is 246 g/mol. The lowest BCUT2D eigenvalue weighted by molar-refractivity contribution is 0.459. The Balaban J connectivity index is 1.93. The first-order valence-electron chi connectivity index (χ1n) is 5.79. The molecule has 1 fully saturated rings. The maximum absolute atomic E-state index is 6.38. The van der Waals surface area contributed by atoms with Crippen LogP contribution in [0.15, 0.2) is 24.0 Å². The van der Waals surface area contributed by atoms with E-state index >= 15 is 0 Å². The minimum absolute atomic E-state index is 0.203. The van der Waals surface area contributed by atoms with Gasteiger partial charge in [0.25, 0.3) is 0 Å². The summed E-state index contributed by atoms with van der Waals surface area (Å²) in [6.45, 7) is 0. The zero-order chi connectivity index (χ0) is 11.7. The van der Waals surface area contributed by atoms with Crippen molar-refractivity contribution in [1.82, 2.24) is 15.0 Å². The zero-order valence-corrected chi connectivity index (χ0v) is 10.3. The third-order valence-corrected chi connectivity index (χ3v) is 4.31. The SMILES string of the molecule is NC1(c2nc(-c3cnccn3)cs2)CCCC1. The first-order chi connectivity index (χ1) is 8.28. The highest BCUT2D eigenvalue weighted by Gasteiger charge is 2.34. The molecule has 2 aromatic heterocycles. The molecular formula is C12H14N4S. The van der Waals surface area contributed by atoms with Gasteiger partial charge in [0.05, 0.1) is 11.7 Å². The summed E-state index contributed by atoms with van der Waals surface area (Å²) in [5.41, 5.74) is 7.88. The second-order valence-corrected chi connectivity index (χ2v) is 5.35. The van der Waals surface area contributed by atoms with Crippen molar-refractivity contribution in [2.24, 2.45) is 5.73 Å². The molecule has 5 heteroatoms. The fourth-order valence-corrected chi connectivity index (χ4v) is 3.26. The monoisotopic (exact) mass is 246 g/mol. The molecule has 0 spiro atoms. The Morgan fingerprint density at radius 2 is 2.00 bits per heavy atom. The molecule has 3 rings (SSSR count). The van der Waals surface area contributed by atoms with Gasteiger partial charge < -0.3 is 5.73 Å². The summed E-state index contributed by atoms with van der Waals surface area (Å²) in [5, 5.41) is 3.06. The van der Waals surface area contributed by atoms with Crippen molar-refractivity contribution >= 4 is 11.3 Å². The maximum atomic E-state index is 6.38. The Labute approximate surface area is 104 Å². The summed E-state index contributed by atoms with van der Waals surface area (Å²) in [5.74, 6) is 0. The molecule has 2 aromatic rings. The van der Waals surface area contributed by atoms with Gasteiger partial charge in [-0.1, -0.05) is 12.8 Å². The lowest BCUT2D eigenvalue weighted by atomic mass is 10.0. The number of aromatic nitrogens is 3. The number of hydrogen-bond acceptors (Lipinski definition) is 5. The van der Waals surface area contributed by atoms with Crippen molar-refractivity contribution in [3.8, 4) is 11.4 Å². The van der Waals surface area contributed by atoms with Crippen molar-refractivity contribution in [3.05, 3.63) is 29.0 Å². The smallest absolute Gasteiger partial charge is 0.113 e. The van der Waals surface area contributed by atoms with E-state index in [-0.39, 0.29) is 5.54 Å². The van der Waals surface area contributed by atoms with Gasteiger partial charge >= 0.3 is 0 Å². The normalized spacial score (nSPS) is 18.4. The number of nitrogens with two attached hydrogens (primary N) is 1. The van der Waals surface area contributed by atoms with E-state index in [0.717, 1.165) is 29.2 Å². The molecule has 0 unspecified atom stereocenters. The minimum Gasteiger partial charge on any atom is -0.319 e. The van der Waals surface area contributed by atoms with E-state index in [2.05, 4.69) is 15.0 Å². The van der Waals surface area contributed by atoms with Gasteiger partial charge in [0.15, 0.2) is 0 Å². The lowest BCUT2D eigenvalue weighted by Gasteiger charge is -2.19. The van der Waals surface area contributed by atoms with Crippen molar-refractivity contribution in [3.63, 3.8) is 0 Å². The molecule has 88 valence electrons. The molecule has 0 radical (unpaired) electrons. The number of hydrogen-bond donors (Lipinski definition) is 1. The van der Waals surface area contributed by atoms with Crippen LogP contribution in [0.2, 0.25) is 0 Å². The molecule has 1 aliphatic rings. The Bertz CT molecular complexity index is 502. The molecule has 0 amide bonds. The third-order valence-electron chi connectivity index (χ3n) is 3.25. The molecule has 1 aliphatic carbocycles. The Kier molecular flexibility index (Phi) is 2.64. The molecular weight excluding hydrogens is 232 g/mol. The van der Waals surface area contributed by atoms with Crippen LogP contribution in [0, 0.1) is 0 Å². The molecule has 4 nitrogen and oxygen atoms in total. The summed E-state index contributed by atoms with van der Waals surface area (Å²) in [7, 11) is 0. The molecule has 2 heterocycles. The van der Waals surface area contributed by atoms with Gasteiger partial charge in [0.1, 0.15) is 16.4 Å². The molecule has 17 heavy (non-hydrogen) atoms. The van der Waals surface area contributed by atoms with Gasteiger partial charge in [-0.25, -0.2) is 4.98 Å². The van der Waals surface area contributed by atoms with Gasteiger partial charge in [-0.15, -0.1) is 11.3 Å². The molecule has 0 bridgehead atoms. The van der Waals surface area contributed by atoms with Gasteiger partial charge in [-0.3, -0.25) is 9.97 Å². The lowest BCUT2D eigenvalue weighted by Crippen LogP contribution is -2.32. The number of rotatable bonds is 2. The van der Waals surface area contributed by atoms with Crippen LogP contribution in [-0.2, 0) is 5.54 Å². The first-order valence-corrected chi connectivity index (χ1v) is 6.67. The topological polar surface area (TPSA) is 64.7 Å². The van der Waals surface area contributed by atoms with Gasteiger partial charge in [0.2, 0.25) is 0 Å². The van der Waals surface area contributed by atoms with Gasteiger partial charge in [-0.05, 0) is 12.8 Å². The fraction of sp³-hybridized carbons (Fsp3) is 0.417. The second kappa shape index (κ2) is 4.16. The summed E-state index contributed by atoms with van der Waals surface area (Å²) in [4.78, 5) is 12.9. The Hall–Kier alpha value is -1.33. The van der Waals surface area contributed by atoms with E-state index in [4.69, 9.17) is 5.73 Å². The van der Waals surface area contributed by atoms with Crippen LogP contribution >= 0.6 is 11.3 Å². The minimum atomic E-state index is -0.203. The van der Waals surface area contributed by atoms with Gasteiger partial charge in [0, 0.05) is 17.8 Å². The van der Waals surface area contributed by atoms with Crippen LogP contribution < -0.4 is 5.73 Å². The fourth-order valence-electron chi connectivity index (χ4n) is 2.27. The standard InChI is InChI=1S/C12H14N4S/c13-12(3-1-2-4-12)11-16-10(8-17-11)9-7-14-5-6-15-9/h5-8H,1-4,13H2. The van der Waals surface area contributed by atoms with E-state index in [1.54, 1.807) is 29.9 Å². The summed E-state index contributed by atoms with van der Waals surface area (Å²) in [6.07, 6.45) is 9.57. The van der Waals surface area contributed by atoms with Gasteiger partial charge in [-0.2, -0.15) is 0 Å². The van der Waals surface area contributed by atoms with Crippen LogP contribution in [0.1, 0.15) is 30.7 Å². The van der Waals surface area contributed by atoms with Crippen LogP contribution in [0.4, 0.5) is 0 Å². The second-order valence-electron chi connectivity index (χ2n) is 4.49. The third kappa shape index (κ3) is 1.96. The Morgan fingerprint density at radius 3 is 2.71 bits per heavy atom. The predicted octanol–water partition coefficient (Wildman–Crippen LogP) is 2.33. The molecule has 0 atom stereocenters. The summed E-state index contributed by atoms with van der Waals surface area (Å²) < 4.78 is 0. The maximum Gasteiger partial charge on any atom is 0.113 e. The molecule has 0 aliphatic heterocycles. The predicted molar refractivity (Wildman–Crippen MR) is 67.5 cm³/mol. The largest absolute Gasteiger partial charge is 0.319 e. The zero-order valence-electron chi connectivity index (χ0n) is 9.47. The van der Waals surface area contributed by atoms with Crippen molar-refractivity contribution in [2.75, 3.05) is 0 Å². The number of thiazole rings is 1. The van der Waals surface area contributed by atoms with Crippen molar-refractivity contribution in [1.29, 1.82) is 0 Å². The summed E-state index contributed by atoms with van der Waals surface area (Å²) >= 11 is 1.64. The quantitative estimate of drug-likeness (QED) is 0.883. The van der Waals surface area contributed by atoms with Crippen molar-refractivity contribution < 1.29 is 0 Å². The van der Waals surface area contributed by atoms with Crippen LogP contribution in [0.25, 0.3) is 11.4 Å². The average Bonchev–Trinajstić information content (AvgIpc) is 2.99. The first kappa shape index (κ1) is 10.8. The van der Waals surface area contributed by atoms with E-state index in [0.29, 0.717) is 0 Å². The van der Waals surface area contributed by atoms with E-state index in [1.807, 2.05) is 5.38 Å².